The lowest BCUT2D eigenvalue weighted by Gasteiger charge is -1.99. The van der Waals surface area contributed by atoms with Crippen LogP contribution in [0, 0.1) is 13.8 Å². The van der Waals surface area contributed by atoms with Crippen molar-refractivity contribution in [1.82, 2.24) is 4.98 Å². The van der Waals surface area contributed by atoms with Gasteiger partial charge in [0.25, 0.3) is 12.1 Å². The van der Waals surface area contributed by atoms with E-state index in [0.29, 0.717) is 0 Å². The highest BCUT2D eigenvalue weighted by molar-refractivity contribution is 14.1. The van der Waals surface area contributed by atoms with E-state index in [1.165, 1.54) is 0 Å². The molecule has 0 radical (unpaired) electrons. The zero-order chi connectivity index (χ0) is 10.0. The normalized spacial score (nSPS) is 10.5. The van der Waals surface area contributed by atoms with Crippen LogP contribution in [0.3, 0.4) is 0 Å². The van der Waals surface area contributed by atoms with Crippen molar-refractivity contribution in [3.8, 4) is 0 Å². The van der Waals surface area contributed by atoms with E-state index in [2.05, 4.69) is 4.98 Å². The summed E-state index contributed by atoms with van der Waals surface area (Å²) in [6.07, 6.45) is -2.78. The first-order chi connectivity index (χ1) is 6.00. The summed E-state index contributed by atoms with van der Waals surface area (Å²) < 4.78 is 24.4. The molecule has 70 valence electrons. The van der Waals surface area contributed by atoms with Crippen molar-refractivity contribution < 1.29 is 13.7 Å². The molecule has 0 aliphatic heterocycles. The minimum Gasteiger partial charge on any atom is -0.258 e. The van der Waals surface area contributed by atoms with Crippen LogP contribution in [0.5, 0.6) is 0 Å². The van der Waals surface area contributed by atoms with Crippen LogP contribution in [-0.2, 0) is 0 Å². The maximum absolute atomic E-state index is 12.1. The van der Waals surface area contributed by atoms with Crippen molar-refractivity contribution in [2.75, 3.05) is 0 Å². The predicted octanol–water partition coefficient (Wildman–Crippen LogP) is 2.53. The number of hydrogen-bond donors (Lipinski definition) is 0. The van der Waals surface area contributed by atoms with Gasteiger partial charge in [-0.2, -0.15) is 0 Å². The van der Waals surface area contributed by atoms with Crippen LogP contribution in [0.15, 0.2) is 12.1 Å². The van der Waals surface area contributed by atoms with Gasteiger partial charge in [0.05, 0.1) is 4.92 Å². The summed E-state index contributed by atoms with van der Waals surface area (Å²) in [5.74, 6) is 0. The molecule has 0 saturated heterocycles. The SMILES string of the molecule is O=[N+]([O-])c1cc(I)nc(C(F)F)c1. The summed E-state index contributed by atoms with van der Waals surface area (Å²) in [7, 11) is 0. The third-order valence-electron chi connectivity index (χ3n) is 1.23. The Morgan fingerprint density at radius 1 is 1.54 bits per heavy atom. The monoisotopic (exact) mass is 300 g/mol. The quantitative estimate of drug-likeness (QED) is 0.365. The van der Waals surface area contributed by atoms with E-state index in [-0.39, 0.29) is 9.39 Å². The van der Waals surface area contributed by atoms with Crippen LogP contribution < -0.4 is 0 Å². The van der Waals surface area contributed by atoms with Gasteiger partial charge >= 0.3 is 0 Å². The van der Waals surface area contributed by atoms with Gasteiger partial charge in [-0.1, -0.05) is 0 Å². The first-order valence-corrected chi connectivity index (χ1v) is 4.18. The van der Waals surface area contributed by atoms with Crippen molar-refractivity contribution in [3.63, 3.8) is 0 Å². The molecule has 0 aliphatic carbocycles. The molecule has 0 bridgehead atoms. The molecule has 0 amide bonds. The number of alkyl halides is 2. The first kappa shape index (κ1) is 10.2. The van der Waals surface area contributed by atoms with Crippen molar-refractivity contribution in [2.24, 2.45) is 0 Å². The van der Waals surface area contributed by atoms with Crippen molar-refractivity contribution >= 4 is 28.3 Å². The Balaban J connectivity index is 3.19. The largest absolute Gasteiger partial charge is 0.280 e. The molecule has 1 heterocycles. The number of nitrogens with zero attached hydrogens (tertiary/aromatic N) is 2. The van der Waals surface area contributed by atoms with E-state index in [4.69, 9.17) is 0 Å². The van der Waals surface area contributed by atoms with E-state index in [0.717, 1.165) is 12.1 Å². The van der Waals surface area contributed by atoms with Crippen molar-refractivity contribution in [1.29, 1.82) is 0 Å². The molecule has 1 aromatic heterocycles. The zero-order valence-electron chi connectivity index (χ0n) is 6.08. The van der Waals surface area contributed by atoms with Crippen LogP contribution in [0.1, 0.15) is 12.1 Å². The Morgan fingerprint density at radius 2 is 2.15 bits per heavy atom. The Hall–Kier alpha value is -0.860. The second kappa shape index (κ2) is 3.90. The molecule has 0 aromatic carbocycles. The molecule has 0 fully saturated rings. The van der Waals surface area contributed by atoms with Crippen LogP contribution in [0.4, 0.5) is 14.5 Å². The van der Waals surface area contributed by atoms with Gasteiger partial charge in [0.2, 0.25) is 0 Å². The fraction of sp³-hybridized carbons (Fsp3) is 0.167. The lowest BCUT2D eigenvalue weighted by molar-refractivity contribution is -0.385. The third-order valence-corrected chi connectivity index (χ3v) is 1.79. The number of hydrogen-bond acceptors (Lipinski definition) is 3. The van der Waals surface area contributed by atoms with Crippen LogP contribution >= 0.6 is 22.6 Å². The summed E-state index contributed by atoms with van der Waals surface area (Å²) >= 11 is 1.65. The molecule has 1 aromatic rings. The van der Waals surface area contributed by atoms with E-state index in [9.17, 15) is 18.9 Å². The standard InChI is InChI=1S/C6H3F2IN2O2/c7-6(8)4-1-3(11(12)13)2-5(9)10-4/h1-2,6H. The minimum absolute atomic E-state index is 0.183. The number of rotatable bonds is 2. The highest BCUT2D eigenvalue weighted by Crippen LogP contribution is 2.22. The summed E-state index contributed by atoms with van der Waals surface area (Å²) in [4.78, 5) is 13.0. The maximum Gasteiger partial charge on any atom is 0.280 e. The number of nitro groups is 1. The summed E-state index contributed by atoms with van der Waals surface area (Å²) in [6.45, 7) is 0. The Kier molecular flexibility index (Phi) is 3.07. The molecule has 7 heteroatoms. The molecule has 4 nitrogen and oxygen atoms in total. The highest BCUT2D eigenvalue weighted by atomic mass is 127. The van der Waals surface area contributed by atoms with Gasteiger partial charge in [0, 0.05) is 12.1 Å². The minimum atomic E-state index is -2.78. The predicted molar refractivity (Wildman–Crippen MR) is 48.6 cm³/mol. The molecule has 0 atom stereocenters. The molecule has 0 spiro atoms. The first-order valence-electron chi connectivity index (χ1n) is 3.10. The molecule has 0 N–H and O–H groups in total. The van der Waals surface area contributed by atoms with Gasteiger partial charge in [-0.05, 0) is 22.6 Å². The van der Waals surface area contributed by atoms with Crippen LogP contribution in [-0.4, -0.2) is 9.91 Å². The molecule has 1 rings (SSSR count). The zero-order valence-corrected chi connectivity index (χ0v) is 8.23. The summed E-state index contributed by atoms with van der Waals surface area (Å²) in [5, 5.41) is 10.3. The van der Waals surface area contributed by atoms with E-state index in [1.54, 1.807) is 22.6 Å². The number of halogens is 3. The van der Waals surface area contributed by atoms with Crippen molar-refractivity contribution in [3.05, 3.63) is 31.6 Å². The fourth-order valence-electron chi connectivity index (χ4n) is 0.720. The smallest absolute Gasteiger partial charge is 0.258 e. The average Bonchev–Trinajstić information content (AvgIpc) is 2.03. The Labute approximate surface area is 85.3 Å². The van der Waals surface area contributed by atoms with Crippen LogP contribution in [0.2, 0.25) is 0 Å². The van der Waals surface area contributed by atoms with Gasteiger partial charge in [0.15, 0.2) is 0 Å². The molecular weight excluding hydrogens is 297 g/mol. The Morgan fingerprint density at radius 3 is 2.62 bits per heavy atom. The van der Waals surface area contributed by atoms with Gasteiger partial charge < -0.3 is 0 Å². The van der Waals surface area contributed by atoms with Gasteiger partial charge in [-0.15, -0.1) is 0 Å². The summed E-state index contributed by atoms with van der Waals surface area (Å²) in [5.41, 5.74) is -0.937. The van der Waals surface area contributed by atoms with Crippen molar-refractivity contribution in [2.45, 2.75) is 6.43 Å². The van der Waals surface area contributed by atoms with E-state index < -0.39 is 17.0 Å². The van der Waals surface area contributed by atoms with Crippen LogP contribution in [0.25, 0.3) is 0 Å². The summed E-state index contributed by atoms with van der Waals surface area (Å²) in [6, 6.07) is 1.90. The van der Waals surface area contributed by atoms with Gasteiger partial charge in [0.1, 0.15) is 9.39 Å². The lowest BCUT2D eigenvalue weighted by atomic mass is 10.3. The molecule has 0 aliphatic rings. The second-order valence-electron chi connectivity index (χ2n) is 2.13. The van der Waals surface area contributed by atoms with Gasteiger partial charge in [-0.25, -0.2) is 13.8 Å². The van der Waals surface area contributed by atoms with E-state index >= 15 is 0 Å². The topological polar surface area (TPSA) is 56.0 Å². The van der Waals surface area contributed by atoms with E-state index in [1.807, 2.05) is 0 Å². The lowest BCUT2D eigenvalue weighted by Crippen LogP contribution is -1.96. The molecular formula is C6H3F2IN2O2. The molecule has 0 saturated carbocycles. The average molecular weight is 300 g/mol. The number of pyridine rings is 1. The highest BCUT2D eigenvalue weighted by Gasteiger charge is 2.15. The van der Waals surface area contributed by atoms with Gasteiger partial charge in [-0.3, -0.25) is 10.1 Å². The second-order valence-corrected chi connectivity index (χ2v) is 3.24. The Bertz CT molecular complexity index is 345. The fourth-order valence-corrected chi connectivity index (χ4v) is 1.32. The molecule has 0 unspecified atom stereocenters. The molecule has 13 heavy (non-hydrogen) atoms. The maximum atomic E-state index is 12.1. The third kappa shape index (κ3) is 2.54. The number of aromatic nitrogens is 1.